The number of rotatable bonds is 3. The van der Waals surface area contributed by atoms with E-state index in [1.165, 1.54) is 0 Å². The minimum Gasteiger partial charge on any atom is -0.392 e. The van der Waals surface area contributed by atoms with Gasteiger partial charge < -0.3 is 5.11 Å². The molecular weight excluding hydrogens is 164 g/mol. The van der Waals surface area contributed by atoms with Crippen LogP contribution in [0.5, 0.6) is 0 Å². The highest BCUT2D eigenvalue weighted by Gasteiger charge is 2.10. The molecule has 1 N–H and O–H groups in total. The molecule has 1 unspecified atom stereocenters. The second-order valence-electron chi connectivity index (χ2n) is 3.68. The van der Waals surface area contributed by atoms with Crippen LogP contribution in [0.25, 0.3) is 0 Å². The molecule has 0 saturated carbocycles. The van der Waals surface area contributed by atoms with Crippen molar-refractivity contribution in [3.05, 3.63) is 23.5 Å². The third kappa shape index (κ3) is 3.11. The van der Waals surface area contributed by atoms with E-state index in [4.69, 9.17) is 0 Å². The van der Waals surface area contributed by atoms with E-state index in [1.54, 1.807) is 0 Å². The van der Waals surface area contributed by atoms with Crippen LogP contribution in [-0.4, -0.2) is 21.4 Å². The van der Waals surface area contributed by atoms with Crippen LogP contribution < -0.4 is 0 Å². The molecule has 3 heteroatoms. The van der Waals surface area contributed by atoms with Gasteiger partial charge in [-0.25, -0.2) is 0 Å². The number of aromatic nitrogens is 2. The zero-order valence-electron chi connectivity index (χ0n) is 8.36. The number of aryl methyl sites for hydroxylation is 1. The van der Waals surface area contributed by atoms with E-state index in [-0.39, 0.29) is 12.0 Å². The highest BCUT2D eigenvalue weighted by atomic mass is 16.3. The normalized spacial score (nSPS) is 13.3. The maximum atomic E-state index is 9.58. The second-order valence-corrected chi connectivity index (χ2v) is 3.68. The van der Waals surface area contributed by atoms with Crippen LogP contribution in [0.2, 0.25) is 0 Å². The van der Waals surface area contributed by atoms with Gasteiger partial charge in [-0.05, 0) is 25.0 Å². The number of aliphatic hydroxyl groups excluding tert-OH is 1. The van der Waals surface area contributed by atoms with Gasteiger partial charge in [0.15, 0.2) is 0 Å². The summed E-state index contributed by atoms with van der Waals surface area (Å²) in [6.07, 6.45) is 0.266. The van der Waals surface area contributed by atoms with Crippen molar-refractivity contribution in [3.63, 3.8) is 0 Å². The molecule has 0 radical (unpaired) electrons. The van der Waals surface area contributed by atoms with Gasteiger partial charge in [0.2, 0.25) is 0 Å². The third-order valence-corrected chi connectivity index (χ3v) is 2.04. The Kier molecular flexibility index (Phi) is 3.37. The predicted molar refractivity (Wildman–Crippen MR) is 51.3 cm³/mol. The highest BCUT2D eigenvalue weighted by molar-refractivity contribution is 5.06. The van der Waals surface area contributed by atoms with E-state index in [0.29, 0.717) is 6.42 Å². The van der Waals surface area contributed by atoms with Gasteiger partial charge in [0.05, 0.1) is 17.5 Å². The Bertz CT molecular complexity index is 256. The van der Waals surface area contributed by atoms with Crippen LogP contribution in [-0.2, 0) is 6.42 Å². The van der Waals surface area contributed by atoms with Crippen molar-refractivity contribution in [3.8, 4) is 0 Å². The molecule has 0 fully saturated rings. The molecule has 0 amide bonds. The first-order valence-electron chi connectivity index (χ1n) is 4.57. The van der Waals surface area contributed by atoms with Gasteiger partial charge in [-0.2, -0.15) is 10.2 Å². The highest BCUT2D eigenvalue weighted by Crippen LogP contribution is 2.07. The van der Waals surface area contributed by atoms with E-state index in [0.717, 1.165) is 11.4 Å². The summed E-state index contributed by atoms with van der Waals surface area (Å²) in [7, 11) is 0. The Morgan fingerprint density at radius 2 is 2.00 bits per heavy atom. The summed E-state index contributed by atoms with van der Waals surface area (Å²) in [5.41, 5.74) is 1.76. The SMILES string of the molecule is Cc1ccc(CC(O)C(C)C)nn1. The van der Waals surface area contributed by atoms with Crippen molar-refractivity contribution in [2.45, 2.75) is 33.3 Å². The standard InChI is InChI=1S/C10H16N2O/c1-7(2)10(13)6-9-5-4-8(3)11-12-9/h4-5,7,10,13H,6H2,1-3H3. The molecule has 13 heavy (non-hydrogen) atoms. The lowest BCUT2D eigenvalue weighted by molar-refractivity contribution is 0.124. The maximum absolute atomic E-state index is 9.58. The second kappa shape index (κ2) is 4.33. The molecule has 0 aliphatic rings. The molecule has 1 aromatic heterocycles. The van der Waals surface area contributed by atoms with E-state index >= 15 is 0 Å². The minimum absolute atomic E-state index is 0.267. The Morgan fingerprint density at radius 3 is 2.46 bits per heavy atom. The van der Waals surface area contributed by atoms with Crippen LogP contribution in [0.4, 0.5) is 0 Å². The molecule has 3 nitrogen and oxygen atoms in total. The van der Waals surface area contributed by atoms with E-state index < -0.39 is 0 Å². The quantitative estimate of drug-likeness (QED) is 0.763. The molecule has 1 heterocycles. The lowest BCUT2D eigenvalue weighted by Crippen LogP contribution is -2.18. The topological polar surface area (TPSA) is 46.0 Å². The molecule has 0 spiro atoms. The molecule has 0 aliphatic carbocycles. The van der Waals surface area contributed by atoms with Gasteiger partial charge in [0.1, 0.15) is 0 Å². The Hall–Kier alpha value is -0.960. The largest absolute Gasteiger partial charge is 0.392 e. The smallest absolute Gasteiger partial charge is 0.0657 e. The average Bonchev–Trinajstić information content (AvgIpc) is 2.08. The average molecular weight is 180 g/mol. The zero-order valence-corrected chi connectivity index (χ0v) is 8.36. The number of hydrogen-bond donors (Lipinski definition) is 1. The fourth-order valence-corrected chi connectivity index (χ4v) is 0.985. The van der Waals surface area contributed by atoms with Gasteiger partial charge in [-0.15, -0.1) is 0 Å². The van der Waals surface area contributed by atoms with Crippen molar-refractivity contribution >= 4 is 0 Å². The van der Waals surface area contributed by atoms with E-state index in [2.05, 4.69) is 10.2 Å². The monoisotopic (exact) mass is 180 g/mol. The van der Waals surface area contributed by atoms with Crippen LogP contribution in [0.3, 0.4) is 0 Å². The summed E-state index contributed by atoms with van der Waals surface area (Å²) in [5, 5.41) is 17.5. The number of nitrogens with zero attached hydrogens (tertiary/aromatic N) is 2. The van der Waals surface area contributed by atoms with Gasteiger partial charge >= 0.3 is 0 Å². The molecule has 72 valence electrons. The van der Waals surface area contributed by atoms with E-state index in [1.807, 2.05) is 32.9 Å². The van der Waals surface area contributed by atoms with Gasteiger partial charge in [-0.3, -0.25) is 0 Å². The van der Waals surface area contributed by atoms with Gasteiger partial charge in [-0.1, -0.05) is 13.8 Å². The Morgan fingerprint density at radius 1 is 1.31 bits per heavy atom. The van der Waals surface area contributed by atoms with Crippen molar-refractivity contribution in [1.82, 2.24) is 10.2 Å². The van der Waals surface area contributed by atoms with Crippen LogP contribution in [0.1, 0.15) is 25.2 Å². The predicted octanol–water partition coefficient (Wildman–Crippen LogP) is 1.34. The summed E-state index contributed by atoms with van der Waals surface area (Å²) in [6, 6.07) is 3.82. The molecule has 1 rings (SSSR count). The Balaban J connectivity index is 2.59. The molecule has 0 bridgehead atoms. The van der Waals surface area contributed by atoms with Crippen molar-refractivity contribution in [1.29, 1.82) is 0 Å². The summed E-state index contributed by atoms with van der Waals surface area (Å²) < 4.78 is 0. The van der Waals surface area contributed by atoms with Crippen LogP contribution >= 0.6 is 0 Å². The lowest BCUT2D eigenvalue weighted by Gasteiger charge is -2.12. The van der Waals surface area contributed by atoms with Gasteiger partial charge in [0.25, 0.3) is 0 Å². The zero-order chi connectivity index (χ0) is 9.84. The molecule has 0 aliphatic heterocycles. The van der Waals surface area contributed by atoms with Crippen LogP contribution in [0, 0.1) is 12.8 Å². The summed E-state index contributed by atoms with van der Waals surface area (Å²) in [6.45, 7) is 5.88. The van der Waals surface area contributed by atoms with Crippen molar-refractivity contribution in [2.24, 2.45) is 5.92 Å². The fraction of sp³-hybridized carbons (Fsp3) is 0.600. The first-order chi connectivity index (χ1) is 6.09. The summed E-state index contributed by atoms with van der Waals surface area (Å²) in [4.78, 5) is 0. The molecular formula is C10H16N2O. The van der Waals surface area contributed by atoms with Gasteiger partial charge in [0, 0.05) is 6.42 Å². The van der Waals surface area contributed by atoms with Crippen LogP contribution in [0.15, 0.2) is 12.1 Å². The van der Waals surface area contributed by atoms with Crippen molar-refractivity contribution in [2.75, 3.05) is 0 Å². The van der Waals surface area contributed by atoms with E-state index in [9.17, 15) is 5.11 Å². The first kappa shape index (κ1) is 10.1. The van der Waals surface area contributed by atoms with Crippen molar-refractivity contribution < 1.29 is 5.11 Å². The summed E-state index contributed by atoms with van der Waals surface area (Å²) in [5.74, 6) is 0.267. The molecule has 1 atom stereocenters. The number of hydrogen-bond acceptors (Lipinski definition) is 3. The maximum Gasteiger partial charge on any atom is 0.0657 e. The number of aliphatic hydroxyl groups is 1. The molecule has 0 aromatic carbocycles. The Labute approximate surface area is 78.8 Å². The lowest BCUT2D eigenvalue weighted by atomic mass is 10.0. The third-order valence-electron chi connectivity index (χ3n) is 2.04. The molecule has 1 aromatic rings. The first-order valence-corrected chi connectivity index (χ1v) is 4.57. The molecule has 0 saturated heterocycles. The minimum atomic E-state index is -0.322. The summed E-state index contributed by atoms with van der Waals surface area (Å²) >= 11 is 0. The fourth-order valence-electron chi connectivity index (χ4n) is 0.985.